The highest BCUT2D eigenvalue weighted by Crippen LogP contribution is 2.26. The molecule has 2 saturated heterocycles. The summed E-state index contributed by atoms with van der Waals surface area (Å²) < 4.78 is 0. The lowest BCUT2D eigenvalue weighted by Gasteiger charge is -2.39. The molecular formula is C18H36N2. The molecule has 0 amide bonds. The maximum atomic E-state index is 3.73. The standard InChI is InChI=1S/C18H36N2/c1-3-4-5-6-7-10-16(2)20-14-9-11-17(15-20)18-12-8-13-19-18/h16-19H,3-15H2,1-2H3. The molecule has 0 aliphatic carbocycles. The van der Waals surface area contributed by atoms with E-state index in [4.69, 9.17) is 0 Å². The van der Waals surface area contributed by atoms with Crippen LogP contribution in [0.15, 0.2) is 0 Å². The Bertz CT molecular complexity index is 248. The number of rotatable bonds is 8. The minimum atomic E-state index is 0.806. The van der Waals surface area contributed by atoms with Crippen molar-refractivity contribution in [3.05, 3.63) is 0 Å². The van der Waals surface area contributed by atoms with Crippen LogP contribution in [0.4, 0.5) is 0 Å². The Hall–Kier alpha value is -0.0800. The smallest absolute Gasteiger partial charge is 0.0108 e. The number of piperidine rings is 1. The summed E-state index contributed by atoms with van der Waals surface area (Å²) in [6, 6.07) is 1.63. The van der Waals surface area contributed by atoms with Crippen LogP contribution in [0.3, 0.4) is 0 Å². The summed E-state index contributed by atoms with van der Waals surface area (Å²) in [4.78, 5) is 2.79. The van der Waals surface area contributed by atoms with Gasteiger partial charge in [0.15, 0.2) is 0 Å². The summed E-state index contributed by atoms with van der Waals surface area (Å²) in [5.74, 6) is 0.925. The number of hydrogen-bond acceptors (Lipinski definition) is 2. The summed E-state index contributed by atoms with van der Waals surface area (Å²) in [5, 5.41) is 3.73. The first-order chi connectivity index (χ1) is 9.81. The first-order valence-electron chi connectivity index (χ1n) is 9.28. The van der Waals surface area contributed by atoms with Gasteiger partial charge in [0.05, 0.1) is 0 Å². The van der Waals surface area contributed by atoms with Gasteiger partial charge in [-0.15, -0.1) is 0 Å². The van der Waals surface area contributed by atoms with Crippen molar-refractivity contribution in [2.45, 2.75) is 90.1 Å². The quantitative estimate of drug-likeness (QED) is 0.670. The van der Waals surface area contributed by atoms with E-state index >= 15 is 0 Å². The van der Waals surface area contributed by atoms with Crippen molar-refractivity contribution in [3.8, 4) is 0 Å². The van der Waals surface area contributed by atoms with E-state index in [9.17, 15) is 0 Å². The van der Waals surface area contributed by atoms with E-state index in [1.54, 1.807) is 0 Å². The maximum Gasteiger partial charge on any atom is 0.0108 e. The third kappa shape index (κ3) is 5.04. The van der Waals surface area contributed by atoms with Gasteiger partial charge in [0.1, 0.15) is 0 Å². The normalized spacial score (nSPS) is 29.7. The van der Waals surface area contributed by atoms with Crippen molar-refractivity contribution < 1.29 is 0 Å². The molecule has 3 atom stereocenters. The molecule has 2 nitrogen and oxygen atoms in total. The van der Waals surface area contributed by atoms with Crippen LogP contribution in [-0.2, 0) is 0 Å². The van der Waals surface area contributed by atoms with Crippen LogP contribution < -0.4 is 5.32 Å². The van der Waals surface area contributed by atoms with Crippen LogP contribution >= 0.6 is 0 Å². The Morgan fingerprint density at radius 3 is 2.70 bits per heavy atom. The van der Waals surface area contributed by atoms with Crippen LogP contribution in [0.5, 0.6) is 0 Å². The number of likely N-dealkylation sites (tertiary alicyclic amines) is 1. The highest BCUT2D eigenvalue weighted by Gasteiger charge is 2.30. The fraction of sp³-hybridized carbons (Fsp3) is 1.00. The molecule has 2 fully saturated rings. The summed E-state index contributed by atoms with van der Waals surface area (Å²) in [6.45, 7) is 8.72. The van der Waals surface area contributed by atoms with Crippen molar-refractivity contribution in [2.75, 3.05) is 19.6 Å². The molecule has 0 radical (unpaired) electrons. The molecule has 20 heavy (non-hydrogen) atoms. The lowest BCUT2D eigenvalue weighted by Crippen LogP contribution is -2.46. The third-order valence-electron chi connectivity index (χ3n) is 5.51. The summed E-state index contributed by atoms with van der Waals surface area (Å²) in [7, 11) is 0. The zero-order valence-corrected chi connectivity index (χ0v) is 13.9. The minimum absolute atomic E-state index is 0.806. The van der Waals surface area contributed by atoms with Crippen LogP contribution in [-0.4, -0.2) is 36.6 Å². The topological polar surface area (TPSA) is 15.3 Å². The maximum absolute atomic E-state index is 3.73. The number of hydrogen-bond donors (Lipinski definition) is 1. The van der Waals surface area contributed by atoms with Gasteiger partial charge in [-0.2, -0.15) is 0 Å². The molecule has 0 spiro atoms. The van der Waals surface area contributed by atoms with Gasteiger partial charge in [-0.25, -0.2) is 0 Å². The monoisotopic (exact) mass is 280 g/mol. The van der Waals surface area contributed by atoms with Crippen LogP contribution in [0.1, 0.15) is 78.1 Å². The summed E-state index contributed by atoms with van der Waals surface area (Å²) in [5.41, 5.74) is 0. The molecule has 0 aromatic carbocycles. The second-order valence-electron chi connectivity index (χ2n) is 7.15. The van der Waals surface area contributed by atoms with E-state index in [1.807, 2.05) is 0 Å². The lowest BCUT2D eigenvalue weighted by molar-refractivity contribution is 0.109. The van der Waals surface area contributed by atoms with Crippen molar-refractivity contribution in [1.82, 2.24) is 10.2 Å². The fourth-order valence-electron chi connectivity index (χ4n) is 4.11. The second-order valence-corrected chi connectivity index (χ2v) is 7.15. The van der Waals surface area contributed by atoms with Gasteiger partial charge < -0.3 is 10.2 Å². The highest BCUT2D eigenvalue weighted by molar-refractivity contribution is 4.87. The molecule has 2 aliphatic heterocycles. The van der Waals surface area contributed by atoms with E-state index in [-0.39, 0.29) is 0 Å². The Morgan fingerprint density at radius 2 is 1.95 bits per heavy atom. The van der Waals surface area contributed by atoms with Crippen LogP contribution in [0.25, 0.3) is 0 Å². The molecule has 3 unspecified atom stereocenters. The van der Waals surface area contributed by atoms with Crippen LogP contribution in [0, 0.1) is 5.92 Å². The van der Waals surface area contributed by atoms with Gasteiger partial charge in [-0.1, -0.05) is 39.0 Å². The minimum Gasteiger partial charge on any atom is -0.314 e. The second kappa shape index (κ2) is 9.04. The first kappa shape index (κ1) is 16.3. The lowest BCUT2D eigenvalue weighted by atomic mass is 9.88. The zero-order chi connectivity index (χ0) is 14.2. The Kier molecular flexibility index (Phi) is 7.37. The summed E-state index contributed by atoms with van der Waals surface area (Å²) in [6.07, 6.45) is 14.2. The SMILES string of the molecule is CCCCCCCC(C)N1CCCC(C2CCCN2)C1. The molecule has 0 aromatic heterocycles. The fourth-order valence-corrected chi connectivity index (χ4v) is 4.11. The van der Waals surface area contributed by atoms with Gasteiger partial charge in [-0.05, 0) is 58.0 Å². The van der Waals surface area contributed by atoms with E-state index in [1.165, 1.54) is 83.8 Å². The van der Waals surface area contributed by atoms with Crippen molar-refractivity contribution in [1.29, 1.82) is 0 Å². The van der Waals surface area contributed by atoms with Crippen LogP contribution in [0.2, 0.25) is 0 Å². The zero-order valence-electron chi connectivity index (χ0n) is 13.9. The van der Waals surface area contributed by atoms with Crippen molar-refractivity contribution in [2.24, 2.45) is 5.92 Å². The van der Waals surface area contributed by atoms with Gasteiger partial charge in [0, 0.05) is 18.6 Å². The Morgan fingerprint density at radius 1 is 1.10 bits per heavy atom. The van der Waals surface area contributed by atoms with Crippen molar-refractivity contribution >= 4 is 0 Å². The molecule has 2 aliphatic rings. The highest BCUT2D eigenvalue weighted by atomic mass is 15.2. The van der Waals surface area contributed by atoms with Gasteiger partial charge in [0.25, 0.3) is 0 Å². The van der Waals surface area contributed by atoms with E-state index in [2.05, 4.69) is 24.1 Å². The largest absolute Gasteiger partial charge is 0.314 e. The molecular weight excluding hydrogens is 244 g/mol. The molecule has 0 bridgehead atoms. The Balaban J connectivity index is 1.65. The van der Waals surface area contributed by atoms with Gasteiger partial charge in [-0.3, -0.25) is 0 Å². The molecule has 118 valence electrons. The molecule has 0 saturated carbocycles. The van der Waals surface area contributed by atoms with Gasteiger partial charge in [0.2, 0.25) is 0 Å². The van der Waals surface area contributed by atoms with E-state index < -0.39 is 0 Å². The predicted octanol–water partition coefficient (Wildman–Crippen LogP) is 4.20. The number of nitrogens with one attached hydrogen (secondary N) is 1. The predicted molar refractivity (Wildman–Crippen MR) is 88.2 cm³/mol. The Labute approximate surface area is 126 Å². The number of unbranched alkanes of at least 4 members (excludes halogenated alkanes) is 4. The van der Waals surface area contributed by atoms with Crippen molar-refractivity contribution in [3.63, 3.8) is 0 Å². The molecule has 2 heterocycles. The molecule has 2 rings (SSSR count). The molecule has 1 N–H and O–H groups in total. The van der Waals surface area contributed by atoms with E-state index in [0.29, 0.717) is 0 Å². The molecule has 2 heteroatoms. The first-order valence-corrected chi connectivity index (χ1v) is 9.28. The average molecular weight is 280 g/mol. The van der Waals surface area contributed by atoms with Gasteiger partial charge >= 0.3 is 0 Å². The third-order valence-corrected chi connectivity index (χ3v) is 5.51. The summed E-state index contributed by atoms with van der Waals surface area (Å²) >= 11 is 0. The average Bonchev–Trinajstić information content (AvgIpc) is 3.01. The van der Waals surface area contributed by atoms with E-state index in [0.717, 1.165) is 18.0 Å². The number of nitrogens with zero attached hydrogens (tertiary/aromatic N) is 1. The molecule has 0 aromatic rings.